The van der Waals surface area contributed by atoms with Crippen molar-refractivity contribution in [2.24, 2.45) is 5.92 Å². The summed E-state index contributed by atoms with van der Waals surface area (Å²) in [6.45, 7) is 0. The molecule has 88 valence electrons. The van der Waals surface area contributed by atoms with Gasteiger partial charge in [0, 0.05) is 17.5 Å². The summed E-state index contributed by atoms with van der Waals surface area (Å²) in [6.07, 6.45) is 1.07. The minimum atomic E-state index is -2.90. The van der Waals surface area contributed by atoms with Crippen molar-refractivity contribution in [2.45, 2.75) is 18.8 Å². The molecule has 1 aromatic rings. The maximum Gasteiger partial charge on any atom is 0.277 e. The number of hydrogen-bond acceptors (Lipinski definition) is 1. The summed E-state index contributed by atoms with van der Waals surface area (Å²) in [4.78, 5) is 0. The third-order valence-electron chi connectivity index (χ3n) is 2.69. The first-order valence-electron chi connectivity index (χ1n) is 4.88. The molecule has 0 spiro atoms. The molecule has 16 heavy (non-hydrogen) atoms. The second-order valence-corrected chi connectivity index (χ2v) is 4.68. The van der Waals surface area contributed by atoms with E-state index in [0.717, 1.165) is 0 Å². The van der Waals surface area contributed by atoms with Gasteiger partial charge in [0.2, 0.25) is 0 Å². The molecule has 1 aromatic carbocycles. The summed E-state index contributed by atoms with van der Waals surface area (Å²) < 4.78 is 32.6. The van der Waals surface area contributed by atoms with Gasteiger partial charge in [-0.3, -0.25) is 0 Å². The summed E-state index contributed by atoms with van der Waals surface area (Å²) in [5.41, 5.74) is -0.206. The molecule has 1 aliphatic rings. The van der Waals surface area contributed by atoms with Crippen molar-refractivity contribution in [3.63, 3.8) is 0 Å². The molecular weight excluding hydrogens is 257 g/mol. The third-order valence-corrected chi connectivity index (χ3v) is 3.30. The monoisotopic (exact) mass is 266 g/mol. The summed E-state index contributed by atoms with van der Waals surface area (Å²) in [7, 11) is 1.41. The van der Waals surface area contributed by atoms with Gasteiger partial charge in [0.1, 0.15) is 5.75 Å². The quantitative estimate of drug-likeness (QED) is 0.783. The Hall–Kier alpha value is -0.540. The highest BCUT2D eigenvalue weighted by Gasteiger charge is 2.49. The lowest BCUT2D eigenvalue weighted by atomic mass is 10.0. The highest BCUT2D eigenvalue weighted by molar-refractivity contribution is 6.34. The van der Waals surface area contributed by atoms with Crippen LogP contribution in [0.4, 0.5) is 8.78 Å². The van der Waals surface area contributed by atoms with E-state index in [1.54, 1.807) is 0 Å². The van der Waals surface area contributed by atoms with Crippen LogP contribution in [0, 0.1) is 5.92 Å². The molecular formula is C11H10Cl2F2O. The first kappa shape index (κ1) is 11.9. The number of ether oxygens (including phenoxy) is 1. The largest absolute Gasteiger partial charge is 0.495 e. The van der Waals surface area contributed by atoms with Crippen LogP contribution in [-0.2, 0) is 5.92 Å². The first-order valence-corrected chi connectivity index (χ1v) is 5.63. The summed E-state index contributed by atoms with van der Waals surface area (Å²) in [5.74, 6) is -3.19. The fraction of sp³-hybridized carbons (Fsp3) is 0.455. The molecule has 1 nitrogen and oxygen atoms in total. The Morgan fingerprint density at radius 1 is 1.25 bits per heavy atom. The molecule has 2 rings (SSSR count). The molecule has 0 saturated heterocycles. The molecule has 0 unspecified atom stereocenters. The molecule has 0 aliphatic heterocycles. The summed E-state index contributed by atoms with van der Waals surface area (Å²) >= 11 is 11.6. The first-order chi connectivity index (χ1) is 7.46. The van der Waals surface area contributed by atoms with Gasteiger partial charge in [0.05, 0.1) is 17.2 Å². The Morgan fingerprint density at radius 3 is 2.38 bits per heavy atom. The van der Waals surface area contributed by atoms with Crippen LogP contribution in [0.1, 0.15) is 18.4 Å². The van der Waals surface area contributed by atoms with Gasteiger partial charge in [0.25, 0.3) is 5.92 Å². The van der Waals surface area contributed by atoms with Crippen LogP contribution < -0.4 is 4.74 Å². The zero-order valence-electron chi connectivity index (χ0n) is 8.57. The molecule has 0 N–H and O–H groups in total. The molecule has 0 bridgehead atoms. The van der Waals surface area contributed by atoms with Gasteiger partial charge >= 0.3 is 0 Å². The zero-order chi connectivity index (χ0) is 11.9. The topological polar surface area (TPSA) is 9.23 Å². The lowest BCUT2D eigenvalue weighted by molar-refractivity contribution is -0.0284. The van der Waals surface area contributed by atoms with Crippen LogP contribution in [-0.4, -0.2) is 7.11 Å². The molecule has 1 fully saturated rings. The number of benzene rings is 1. The Balaban J connectivity index is 2.45. The van der Waals surface area contributed by atoms with Crippen LogP contribution >= 0.6 is 23.2 Å². The minimum absolute atomic E-state index is 0.00171. The van der Waals surface area contributed by atoms with Crippen molar-refractivity contribution in [1.82, 2.24) is 0 Å². The molecule has 0 atom stereocenters. The van der Waals surface area contributed by atoms with Crippen molar-refractivity contribution < 1.29 is 13.5 Å². The number of hydrogen-bond donors (Lipinski definition) is 0. The van der Waals surface area contributed by atoms with Crippen molar-refractivity contribution >= 4 is 23.2 Å². The average molecular weight is 267 g/mol. The van der Waals surface area contributed by atoms with Gasteiger partial charge in [-0.2, -0.15) is 0 Å². The van der Waals surface area contributed by atoms with E-state index in [1.807, 2.05) is 0 Å². The molecule has 0 amide bonds. The van der Waals surface area contributed by atoms with Gasteiger partial charge in [0.15, 0.2) is 0 Å². The van der Waals surface area contributed by atoms with E-state index in [0.29, 0.717) is 18.6 Å². The van der Waals surface area contributed by atoms with E-state index in [2.05, 4.69) is 0 Å². The number of methoxy groups -OCH3 is 1. The molecule has 0 radical (unpaired) electrons. The Kier molecular flexibility index (Phi) is 3.01. The summed E-state index contributed by atoms with van der Waals surface area (Å²) in [6, 6.07) is 2.52. The van der Waals surface area contributed by atoms with Crippen molar-refractivity contribution in [2.75, 3.05) is 7.11 Å². The average Bonchev–Trinajstić information content (AvgIpc) is 3.04. The maximum absolute atomic E-state index is 13.8. The fourth-order valence-electron chi connectivity index (χ4n) is 1.61. The smallest absolute Gasteiger partial charge is 0.277 e. The van der Waals surface area contributed by atoms with Gasteiger partial charge in [-0.05, 0) is 18.9 Å². The maximum atomic E-state index is 13.8. The molecule has 5 heteroatoms. The van der Waals surface area contributed by atoms with Crippen LogP contribution in [0.5, 0.6) is 5.75 Å². The van der Waals surface area contributed by atoms with Crippen LogP contribution in [0.15, 0.2) is 12.1 Å². The molecule has 1 saturated carbocycles. The van der Waals surface area contributed by atoms with Gasteiger partial charge in [-0.15, -0.1) is 0 Å². The number of rotatable bonds is 3. The van der Waals surface area contributed by atoms with Gasteiger partial charge in [-0.1, -0.05) is 23.2 Å². The van der Waals surface area contributed by atoms with Crippen LogP contribution in [0.25, 0.3) is 0 Å². The van der Waals surface area contributed by atoms with Crippen LogP contribution in [0.3, 0.4) is 0 Å². The van der Waals surface area contributed by atoms with E-state index in [4.69, 9.17) is 27.9 Å². The summed E-state index contributed by atoms with van der Waals surface area (Å²) in [5, 5.41) is 0.153. The van der Waals surface area contributed by atoms with Gasteiger partial charge < -0.3 is 4.74 Å². The number of halogens is 4. The zero-order valence-corrected chi connectivity index (χ0v) is 10.1. The predicted molar refractivity (Wildman–Crippen MR) is 59.6 cm³/mol. The number of alkyl halides is 2. The molecule has 0 heterocycles. The van der Waals surface area contributed by atoms with E-state index in [1.165, 1.54) is 19.2 Å². The van der Waals surface area contributed by atoms with E-state index in [-0.39, 0.29) is 15.6 Å². The Morgan fingerprint density at radius 2 is 1.88 bits per heavy atom. The second kappa shape index (κ2) is 4.04. The minimum Gasteiger partial charge on any atom is -0.495 e. The normalized spacial score (nSPS) is 16.3. The lowest BCUT2D eigenvalue weighted by Crippen LogP contribution is -2.16. The standard InChI is InChI=1S/C11H10Cl2F2O/c1-16-10-5-8(12)7(4-9(10)13)11(14,15)6-2-3-6/h4-6H,2-3H2,1H3. The highest BCUT2D eigenvalue weighted by Crippen LogP contribution is 2.52. The molecule has 1 aliphatic carbocycles. The van der Waals surface area contributed by atoms with E-state index in [9.17, 15) is 8.78 Å². The highest BCUT2D eigenvalue weighted by atomic mass is 35.5. The fourth-order valence-corrected chi connectivity index (χ4v) is 2.13. The Bertz CT molecular complexity index is 417. The third kappa shape index (κ3) is 1.98. The van der Waals surface area contributed by atoms with Crippen LogP contribution in [0.2, 0.25) is 10.0 Å². The second-order valence-electron chi connectivity index (χ2n) is 3.86. The lowest BCUT2D eigenvalue weighted by Gasteiger charge is -2.18. The van der Waals surface area contributed by atoms with E-state index < -0.39 is 11.8 Å². The predicted octanol–water partition coefficient (Wildman–Crippen LogP) is 4.50. The molecule has 0 aromatic heterocycles. The SMILES string of the molecule is COc1cc(Cl)c(C(F)(F)C2CC2)cc1Cl. The van der Waals surface area contributed by atoms with Crippen molar-refractivity contribution in [3.05, 3.63) is 27.7 Å². The van der Waals surface area contributed by atoms with Crippen molar-refractivity contribution in [1.29, 1.82) is 0 Å². The van der Waals surface area contributed by atoms with Crippen molar-refractivity contribution in [3.8, 4) is 5.75 Å². The van der Waals surface area contributed by atoms with E-state index >= 15 is 0 Å². The van der Waals surface area contributed by atoms with Gasteiger partial charge in [-0.25, -0.2) is 8.78 Å². The Labute approximate surface area is 102 Å².